The molecule has 0 spiro atoms. The molecule has 0 heterocycles. The third-order valence-corrected chi connectivity index (χ3v) is 2.75. The summed E-state index contributed by atoms with van der Waals surface area (Å²) in [6.45, 7) is 14.4. The van der Waals surface area contributed by atoms with Crippen LogP contribution in [0.3, 0.4) is 0 Å². The summed E-state index contributed by atoms with van der Waals surface area (Å²) in [5.74, 6) is 0. The quantitative estimate of drug-likeness (QED) is 0.549. The van der Waals surface area contributed by atoms with Crippen LogP contribution < -0.4 is 0 Å². The van der Waals surface area contributed by atoms with Crippen LogP contribution in [0, 0.1) is 6.92 Å². The van der Waals surface area contributed by atoms with Crippen molar-refractivity contribution in [3.63, 3.8) is 0 Å². The summed E-state index contributed by atoms with van der Waals surface area (Å²) < 4.78 is 0. The number of hydrogen-bond acceptors (Lipinski definition) is 0. The van der Waals surface area contributed by atoms with E-state index < -0.39 is 0 Å². The van der Waals surface area contributed by atoms with Crippen LogP contribution in [0.2, 0.25) is 0 Å². The molecule has 0 fully saturated rings. The first-order valence-electron chi connectivity index (χ1n) is 7.97. The Morgan fingerprint density at radius 1 is 0.667 bits per heavy atom. The lowest BCUT2D eigenvalue weighted by Gasteiger charge is -2.03. The number of rotatable bonds is 2. The van der Waals surface area contributed by atoms with Gasteiger partial charge < -0.3 is 0 Å². The fourth-order valence-corrected chi connectivity index (χ4v) is 1.85. The van der Waals surface area contributed by atoms with Gasteiger partial charge in [0.05, 0.1) is 0 Å². The summed E-state index contributed by atoms with van der Waals surface area (Å²) >= 11 is 0. The molecule has 21 heavy (non-hydrogen) atoms. The van der Waals surface area contributed by atoms with Crippen molar-refractivity contribution in [2.45, 2.75) is 48.5 Å². The number of hydrogen-bond donors (Lipinski definition) is 0. The molecule has 0 amide bonds. The third-order valence-electron chi connectivity index (χ3n) is 2.75. The average Bonchev–Trinajstić information content (AvgIpc) is 2.52. The molecule has 0 saturated carbocycles. The van der Waals surface area contributed by atoms with Crippen LogP contribution in [-0.2, 0) is 0 Å². The molecule has 0 N–H and O–H groups in total. The van der Waals surface area contributed by atoms with Crippen LogP contribution in [0.4, 0.5) is 0 Å². The van der Waals surface area contributed by atoms with Crippen molar-refractivity contribution in [1.29, 1.82) is 0 Å². The van der Waals surface area contributed by atoms with Crippen molar-refractivity contribution in [1.82, 2.24) is 0 Å². The van der Waals surface area contributed by atoms with Gasteiger partial charge in [-0.3, -0.25) is 0 Å². The van der Waals surface area contributed by atoms with Gasteiger partial charge in [-0.15, -0.1) is 0 Å². The number of benzene rings is 2. The van der Waals surface area contributed by atoms with E-state index in [-0.39, 0.29) is 0 Å². The minimum atomic E-state index is 1.26. The molecule has 2 rings (SSSR count). The number of allylic oxidation sites excluding steroid dienone is 1. The zero-order valence-electron chi connectivity index (χ0n) is 14.7. The molecule has 0 radical (unpaired) electrons. The Bertz CT molecular complexity index is 509. The molecule has 2 aromatic carbocycles. The molecule has 0 bridgehead atoms. The van der Waals surface area contributed by atoms with E-state index in [0.717, 1.165) is 0 Å². The van der Waals surface area contributed by atoms with Gasteiger partial charge in [-0.1, -0.05) is 93.4 Å². The highest BCUT2D eigenvalue weighted by molar-refractivity contribution is 5.66. The standard InChI is InChI=1S/C17H18.2C2H6/c1-13(2)12-15-6-10-17(11-7-15)16-8-4-14(3)5-9-16;2*1-2/h4-12H,1-3H3;2*1-2H3. The van der Waals surface area contributed by atoms with Crippen LogP contribution in [0.25, 0.3) is 17.2 Å². The van der Waals surface area contributed by atoms with Crippen LogP contribution in [0.1, 0.15) is 52.7 Å². The Morgan fingerprint density at radius 2 is 1.05 bits per heavy atom. The molecule has 2 aromatic rings. The molecule has 0 unspecified atom stereocenters. The van der Waals surface area contributed by atoms with Gasteiger partial charge in [0.15, 0.2) is 0 Å². The monoisotopic (exact) mass is 282 g/mol. The van der Waals surface area contributed by atoms with Gasteiger partial charge in [-0.05, 0) is 37.5 Å². The van der Waals surface area contributed by atoms with E-state index in [2.05, 4.69) is 75.4 Å². The number of aryl methyl sites for hydroxylation is 1. The summed E-state index contributed by atoms with van der Waals surface area (Å²) in [5, 5.41) is 0. The molecule has 0 aliphatic rings. The van der Waals surface area contributed by atoms with Gasteiger partial charge in [0.1, 0.15) is 0 Å². The second kappa shape index (κ2) is 10.9. The van der Waals surface area contributed by atoms with E-state index in [9.17, 15) is 0 Å². The van der Waals surface area contributed by atoms with Gasteiger partial charge >= 0.3 is 0 Å². The summed E-state index contributed by atoms with van der Waals surface area (Å²) in [6, 6.07) is 17.3. The zero-order chi connectivity index (χ0) is 16.3. The summed E-state index contributed by atoms with van der Waals surface area (Å²) in [7, 11) is 0. The van der Waals surface area contributed by atoms with Crippen molar-refractivity contribution in [3.8, 4) is 11.1 Å². The van der Waals surface area contributed by atoms with E-state index in [1.807, 2.05) is 27.7 Å². The maximum absolute atomic E-state index is 2.19. The zero-order valence-corrected chi connectivity index (χ0v) is 14.7. The maximum Gasteiger partial charge on any atom is -0.0184 e. The molecular weight excluding hydrogens is 252 g/mol. The SMILES string of the molecule is CC.CC.CC(C)=Cc1ccc(-c2ccc(C)cc2)cc1. The van der Waals surface area contributed by atoms with E-state index in [0.29, 0.717) is 0 Å². The Kier molecular flexibility index (Phi) is 9.96. The second-order valence-electron chi connectivity index (χ2n) is 4.71. The molecule has 0 aliphatic heterocycles. The lowest BCUT2D eigenvalue weighted by molar-refractivity contribution is 1.42. The van der Waals surface area contributed by atoms with Crippen molar-refractivity contribution < 1.29 is 0 Å². The molecule has 0 aliphatic carbocycles. The van der Waals surface area contributed by atoms with Crippen molar-refractivity contribution in [2.75, 3.05) is 0 Å². The Balaban J connectivity index is 0.000000921. The smallest absolute Gasteiger partial charge is 0.0184 e. The maximum atomic E-state index is 2.19. The molecule has 0 saturated heterocycles. The predicted octanol–water partition coefficient (Wildman–Crippen LogP) is 7.14. The Hall–Kier alpha value is -1.82. The molecule has 0 aromatic heterocycles. The summed E-state index contributed by atoms with van der Waals surface area (Å²) in [5.41, 5.74) is 6.44. The van der Waals surface area contributed by atoms with Gasteiger partial charge in [0.2, 0.25) is 0 Å². The van der Waals surface area contributed by atoms with Gasteiger partial charge in [0.25, 0.3) is 0 Å². The fraction of sp³-hybridized carbons (Fsp3) is 0.333. The summed E-state index contributed by atoms with van der Waals surface area (Å²) in [6.07, 6.45) is 2.19. The Morgan fingerprint density at radius 3 is 1.43 bits per heavy atom. The molecule has 0 heteroatoms. The normalized spacial score (nSPS) is 8.71. The van der Waals surface area contributed by atoms with Crippen molar-refractivity contribution in [3.05, 3.63) is 65.2 Å². The van der Waals surface area contributed by atoms with E-state index in [1.54, 1.807) is 0 Å². The lowest BCUT2D eigenvalue weighted by Crippen LogP contribution is -1.79. The van der Waals surface area contributed by atoms with Crippen LogP contribution >= 0.6 is 0 Å². The largest absolute Gasteiger partial charge is 0.0758 e. The van der Waals surface area contributed by atoms with Gasteiger partial charge in [-0.25, -0.2) is 0 Å². The molecule has 0 nitrogen and oxygen atoms in total. The highest BCUT2D eigenvalue weighted by atomic mass is 14.0. The van der Waals surface area contributed by atoms with Crippen molar-refractivity contribution in [2.24, 2.45) is 0 Å². The predicted molar refractivity (Wildman–Crippen MR) is 98.6 cm³/mol. The molecule has 0 atom stereocenters. The second-order valence-corrected chi connectivity index (χ2v) is 4.71. The van der Waals surface area contributed by atoms with E-state index in [4.69, 9.17) is 0 Å². The fourth-order valence-electron chi connectivity index (χ4n) is 1.85. The third kappa shape index (κ3) is 6.94. The topological polar surface area (TPSA) is 0 Å². The van der Waals surface area contributed by atoms with Crippen LogP contribution in [0.15, 0.2) is 54.1 Å². The minimum absolute atomic E-state index is 1.26. The Labute approximate surface area is 131 Å². The first kappa shape index (κ1) is 19.2. The van der Waals surface area contributed by atoms with Crippen LogP contribution in [0.5, 0.6) is 0 Å². The van der Waals surface area contributed by atoms with Gasteiger partial charge in [-0.2, -0.15) is 0 Å². The first-order chi connectivity index (χ1) is 10.1. The van der Waals surface area contributed by atoms with E-state index in [1.165, 1.54) is 27.8 Å². The highest BCUT2D eigenvalue weighted by Crippen LogP contribution is 2.20. The van der Waals surface area contributed by atoms with Crippen LogP contribution in [-0.4, -0.2) is 0 Å². The molecular formula is C21H30. The van der Waals surface area contributed by atoms with Gasteiger partial charge in [0, 0.05) is 0 Å². The van der Waals surface area contributed by atoms with E-state index >= 15 is 0 Å². The summed E-state index contributed by atoms with van der Waals surface area (Å²) in [4.78, 5) is 0. The minimum Gasteiger partial charge on any atom is -0.0758 e. The van der Waals surface area contributed by atoms with Crippen molar-refractivity contribution >= 4 is 6.08 Å². The average molecular weight is 282 g/mol. The molecule has 114 valence electrons. The first-order valence-corrected chi connectivity index (χ1v) is 7.97. The lowest BCUT2D eigenvalue weighted by atomic mass is 10.0. The highest BCUT2D eigenvalue weighted by Gasteiger charge is 1.96.